The van der Waals surface area contributed by atoms with Gasteiger partial charge in [-0.3, -0.25) is 9.59 Å². The van der Waals surface area contributed by atoms with Crippen LogP contribution in [0.4, 0.5) is 8.78 Å². The number of aromatic nitrogens is 3. The highest BCUT2D eigenvalue weighted by molar-refractivity contribution is 5.76. The highest BCUT2D eigenvalue weighted by Crippen LogP contribution is 2.15. The molecule has 0 aliphatic heterocycles. The van der Waals surface area contributed by atoms with Crippen LogP contribution in [0.1, 0.15) is 18.3 Å². The van der Waals surface area contributed by atoms with E-state index in [2.05, 4.69) is 9.97 Å². The molecular weight excluding hydrogens is 356 g/mol. The van der Waals surface area contributed by atoms with Gasteiger partial charge in [0, 0.05) is 12.6 Å². The predicted octanol–water partition coefficient (Wildman–Crippen LogP) is 2.42. The fourth-order valence-corrected chi connectivity index (χ4v) is 2.82. The van der Waals surface area contributed by atoms with E-state index >= 15 is 0 Å². The van der Waals surface area contributed by atoms with E-state index in [0.717, 1.165) is 6.07 Å². The Kier molecular flexibility index (Phi) is 5.54. The molecule has 0 radical (unpaired) electrons. The van der Waals surface area contributed by atoms with Gasteiger partial charge in [0.05, 0.1) is 12.0 Å². The first-order valence-electron chi connectivity index (χ1n) is 8.44. The maximum Gasteiger partial charge on any atom is 0.326 e. The van der Waals surface area contributed by atoms with Crippen molar-refractivity contribution in [2.24, 2.45) is 0 Å². The second-order valence-corrected chi connectivity index (χ2v) is 5.81. The van der Waals surface area contributed by atoms with E-state index in [9.17, 15) is 18.4 Å². The van der Waals surface area contributed by atoms with Crippen molar-refractivity contribution in [1.29, 1.82) is 0 Å². The molecule has 27 heavy (non-hydrogen) atoms. The van der Waals surface area contributed by atoms with E-state index < -0.39 is 23.2 Å². The monoisotopic (exact) mass is 373 g/mol. The Morgan fingerprint density at radius 1 is 1.19 bits per heavy atom. The molecule has 0 saturated heterocycles. The van der Waals surface area contributed by atoms with Crippen LogP contribution in [-0.4, -0.2) is 27.1 Å². The minimum Gasteiger partial charge on any atom is -0.465 e. The Labute approximate surface area is 153 Å². The van der Waals surface area contributed by atoms with E-state index in [1.54, 1.807) is 19.1 Å². The van der Waals surface area contributed by atoms with Crippen LogP contribution in [0, 0.1) is 11.6 Å². The van der Waals surface area contributed by atoms with Crippen molar-refractivity contribution in [3.63, 3.8) is 0 Å². The first-order valence-corrected chi connectivity index (χ1v) is 8.44. The molecule has 0 saturated carbocycles. The van der Waals surface area contributed by atoms with Crippen molar-refractivity contribution >= 4 is 17.0 Å². The number of aryl methyl sites for hydroxylation is 2. The van der Waals surface area contributed by atoms with Crippen LogP contribution in [0.25, 0.3) is 11.0 Å². The summed E-state index contributed by atoms with van der Waals surface area (Å²) >= 11 is 0. The number of carbonyl (C=O) groups excluding carboxylic acids is 1. The summed E-state index contributed by atoms with van der Waals surface area (Å²) in [6.07, 6.45) is 1.73. The molecule has 0 unspecified atom stereocenters. The number of esters is 1. The molecule has 8 heteroatoms. The Morgan fingerprint density at radius 3 is 2.78 bits per heavy atom. The maximum atomic E-state index is 13.9. The minimum absolute atomic E-state index is 0.108. The van der Waals surface area contributed by atoms with Gasteiger partial charge in [0.1, 0.15) is 18.0 Å². The van der Waals surface area contributed by atoms with Gasteiger partial charge in [0.25, 0.3) is 5.56 Å². The lowest BCUT2D eigenvalue weighted by molar-refractivity contribution is -0.143. The average Bonchev–Trinajstić information content (AvgIpc) is 2.66. The lowest BCUT2D eigenvalue weighted by Gasteiger charge is -2.14. The quantitative estimate of drug-likeness (QED) is 0.621. The third-order valence-corrected chi connectivity index (χ3v) is 4.06. The number of hydrogen-bond donors (Lipinski definition) is 0. The van der Waals surface area contributed by atoms with Gasteiger partial charge in [-0.05, 0) is 37.1 Å². The lowest BCUT2D eigenvalue weighted by Crippen LogP contribution is -2.24. The third kappa shape index (κ3) is 3.99. The number of ether oxygens (including phenoxy) is 1. The van der Waals surface area contributed by atoms with Gasteiger partial charge in [-0.1, -0.05) is 12.1 Å². The molecule has 3 rings (SSSR count). The first-order chi connectivity index (χ1) is 13.0. The molecule has 0 amide bonds. The molecule has 0 atom stereocenters. The molecule has 1 aromatic carbocycles. The summed E-state index contributed by atoms with van der Waals surface area (Å²) in [4.78, 5) is 32.5. The van der Waals surface area contributed by atoms with E-state index in [0.29, 0.717) is 5.65 Å². The fraction of sp³-hybridized carbons (Fsp3) is 0.263. The zero-order chi connectivity index (χ0) is 19.4. The highest BCUT2D eigenvalue weighted by atomic mass is 19.2. The number of rotatable bonds is 6. The number of halogens is 2. The van der Waals surface area contributed by atoms with E-state index in [4.69, 9.17) is 4.74 Å². The highest BCUT2D eigenvalue weighted by Gasteiger charge is 2.16. The van der Waals surface area contributed by atoms with Gasteiger partial charge in [0.2, 0.25) is 0 Å². The van der Waals surface area contributed by atoms with Crippen molar-refractivity contribution in [2.75, 3.05) is 6.61 Å². The zero-order valence-corrected chi connectivity index (χ0v) is 14.6. The molecule has 140 valence electrons. The van der Waals surface area contributed by atoms with Crippen LogP contribution < -0.4 is 5.56 Å². The maximum absolute atomic E-state index is 13.9. The Hall–Kier alpha value is -3.16. The zero-order valence-electron chi connectivity index (χ0n) is 14.6. The molecule has 6 nitrogen and oxygen atoms in total. The average molecular weight is 373 g/mol. The number of pyridine rings is 1. The summed E-state index contributed by atoms with van der Waals surface area (Å²) in [6, 6.07) is 7.07. The van der Waals surface area contributed by atoms with Crippen LogP contribution in [0.3, 0.4) is 0 Å². The van der Waals surface area contributed by atoms with E-state index in [1.165, 1.54) is 22.9 Å². The van der Waals surface area contributed by atoms with Crippen molar-refractivity contribution in [2.45, 2.75) is 26.3 Å². The van der Waals surface area contributed by atoms with Crippen LogP contribution >= 0.6 is 0 Å². The Bertz CT molecular complexity index is 1050. The molecular formula is C19H17F2N3O3. The van der Waals surface area contributed by atoms with Crippen molar-refractivity contribution < 1.29 is 18.3 Å². The summed E-state index contributed by atoms with van der Waals surface area (Å²) in [5.41, 5.74) is -0.0405. The van der Waals surface area contributed by atoms with Gasteiger partial charge >= 0.3 is 5.97 Å². The van der Waals surface area contributed by atoms with E-state index in [1.807, 2.05) is 0 Å². The number of hydrogen-bond acceptors (Lipinski definition) is 5. The van der Waals surface area contributed by atoms with Gasteiger partial charge in [0.15, 0.2) is 11.6 Å². The Balaban J connectivity index is 2.01. The van der Waals surface area contributed by atoms with Crippen molar-refractivity contribution in [3.8, 4) is 0 Å². The van der Waals surface area contributed by atoms with Gasteiger partial charge < -0.3 is 9.30 Å². The lowest BCUT2D eigenvalue weighted by atomic mass is 10.1. The molecule has 2 aromatic heterocycles. The van der Waals surface area contributed by atoms with Crippen LogP contribution in [0.15, 0.2) is 41.3 Å². The summed E-state index contributed by atoms with van der Waals surface area (Å²) in [6.45, 7) is 1.71. The molecule has 0 fully saturated rings. The largest absolute Gasteiger partial charge is 0.465 e. The summed E-state index contributed by atoms with van der Waals surface area (Å²) < 4.78 is 33.7. The summed E-state index contributed by atoms with van der Waals surface area (Å²) in [5, 5.41) is 0.266. The predicted molar refractivity (Wildman–Crippen MR) is 94.2 cm³/mol. The Morgan fingerprint density at radius 2 is 2.00 bits per heavy atom. The van der Waals surface area contributed by atoms with Crippen LogP contribution in [0.5, 0.6) is 0 Å². The van der Waals surface area contributed by atoms with Crippen molar-refractivity contribution in [3.05, 3.63) is 69.9 Å². The second-order valence-electron chi connectivity index (χ2n) is 5.81. The first kappa shape index (κ1) is 18.6. The van der Waals surface area contributed by atoms with Crippen LogP contribution in [0.2, 0.25) is 0 Å². The fourth-order valence-electron chi connectivity index (χ4n) is 2.82. The molecule has 2 heterocycles. The molecule has 0 bridgehead atoms. The molecule has 0 aliphatic rings. The molecule has 0 aliphatic carbocycles. The smallest absolute Gasteiger partial charge is 0.326 e. The normalized spacial score (nSPS) is 10.9. The molecule has 0 N–H and O–H groups in total. The van der Waals surface area contributed by atoms with Gasteiger partial charge in [-0.15, -0.1) is 0 Å². The summed E-state index contributed by atoms with van der Waals surface area (Å²) in [7, 11) is 0. The second kappa shape index (κ2) is 8.03. The number of fused-ring (bicyclic) bond motifs is 1. The van der Waals surface area contributed by atoms with Gasteiger partial charge in [-0.25, -0.2) is 13.8 Å². The standard InChI is InChI=1S/C19H17F2N3O3/c1-2-27-16(25)11-24-15(9-8-12-5-3-7-14(20)17(12)21)23-19(26)13-6-4-10-22-18(13)24/h3-7,10H,2,8-9,11H2,1H3. The van der Waals surface area contributed by atoms with Crippen LogP contribution in [-0.2, 0) is 28.9 Å². The van der Waals surface area contributed by atoms with Gasteiger partial charge in [-0.2, -0.15) is 4.98 Å². The van der Waals surface area contributed by atoms with E-state index in [-0.39, 0.29) is 42.8 Å². The summed E-state index contributed by atoms with van der Waals surface area (Å²) in [5.74, 6) is -2.13. The number of carbonyl (C=O) groups is 1. The molecule has 0 spiro atoms. The molecule has 3 aromatic rings. The SMILES string of the molecule is CCOC(=O)Cn1c(CCc2cccc(F)c2F)nc(=O)c2cccnc21. The third-order valence-electron chi connectivity index (χ3n) is 4.06. The van der Waals surface area contributed by atoms with Crippen molar-refractivity contribution in [1.82, 2.24) is 14.5 Å². The number of nitrogens with zero attached hydrogens (tertiary/aromatic N) is 3. The topological polar surface area (TPSA) is 74.1 Å². The minimum atomic E-state index is -0.940. The number of benzene rings is 1.